The second kappa shape index (κ2) is 6.09. The van der Waals surface area contributed by atoms with Gasteiger partial charge in [0, 0.05) is 17.1 Å². The number of thiophene rings is 1. The van der Waals surface area contributed by atoms with Crippen LogP contribution in [0, 0.1) is 0 Å². The smallest absolute Gasteiger partial charge is 0.187 e. The molecule has 0 bridgehead atoms. The Hall–Kier alpha value is -0.230. The molecule has 0 aromatic carbocycles. The summed E-state index contributed by atoms with van der Waals surface area (Å²) in [6.45, 7) is 4.97. The molecule has 1 aliphatic heterocycles. The van der Waals surface area contributed by atoms with E-state index in [1.807, 2.05) is 11.4 Å². The number of rotatable bonds is 4. The van der Waals surface area contributed by atoms with Crippen molar-refractivity contribution in [1.29, 1.82) is 0 Å². The predicted molar refractivity (Wildman–Crippen MR) is 72.8 cm³/mol. The van der Waals surface area contributed by atoms with Crippen molar-refractivity contribution >= 4 is 33.0 Å². The normalized spacial score (nSPS) is 21.6. The molecule has 17 heavy (non-hydrogen) atoms. The number of morpholine rings is 1. The minimum Gasteiger partial charge on any atom is -0.378 e. The molecule has 0 saturated carbocycles. The Morgan fingerprint density at radius 3 is 3.18 bits per heavy atom. The first-order valence-corrected chi connectivity index (χ1v) is 7.47. The SMILES string of the molecule is CCC1COCCN1CC(=O)c1sccc1Br. The zero-order chi connectivity index (χ0) is 12.3. The summed E-state index contributed by atoms with van der Waals surface area (Å²) in [5, 5.41) is 1.94. The first kappa shape index (κ1) is 13.2. The lowest BCUT2D eigenvalue weighted by Crippen LogP contribution is -2.47. The second-order valence-electron chi connectivity index (χ2n) is 4.13. The summed E-state index contributed by atoms with van der Waals surface area (Å²) < 4.78 is 6.35. The molecule has 0 amide bonds. The lowest BCUT2D eigenvalue weighted by atomic mass is 10.1. The second-order valence-corrected chi connectivity index (χ2v) is 5.90. The van der Waals surface area contributed by atoms with Gasteiger partial charge >= 0.3 is 0 Å². The van der Waals surface area contributed by atoms with Crippen molar-refractivity contribution in [2.45, 2.75) is 19.4 Å². The Labute approximate surface area is 114 Å². The summed E-state index contributed by atoms with van der Waals surface area (Å²) in [4.78, 5) is 15.2. The van der Waals surface area contributed by atoms with Crippen LogP contribution in [0.4, 0.5) is 0 Å². The predicted octanol–water partition coefficient (Wildman–Crippen LogP) is 2.80. The number of Topliss-reactive ketones (excluding diaryl/α,β-unsaturated/α-hetero) is 1. The third kappa shape index (κ3) is 3.16. The maximum Gasteiger partial charge on any atom is 0.187 e. The number of halogens is 1. The molecule has 1 aromatic rings. The van der Waals surface area contributed by atoms with Crippen LogP contribution in [0.5, 0.6) is 0 Å². The average molecular weight is 318 g/mol. The van der Waals surface area contributed by atoms with Gasteiger partial charge in [-0.1, -0.05) is 6.92 Å². The van der Waals surface area contributed by atoms with Crippen molar-refractivity contribution in [2.75, 3.05) is 26.3 Å². The molecule has 1 saturated heterocycles. The van der Waals surface area contributed by atoms with Crippen molar-refractivity contribution in [2.24, 2.45) is 0 Å². The fourth-order valence-corrected chi connectivity index (χ4v) is 3.55. The fraction of sp³-hybridized carbons (Fsp3) is 0.583. The van der Waals surface area contributed by atoms with Crippen molar-refractivity contribution in [3.05, 3.63) is 20.8 Å². The van der Waals surface area contributed by atoms with Gasteiger partial charge < -0.3 is 4.74 Å². The standard InChI is InChI=1S/C12H16BrNO2S/c1-2-9-8-16-5-4-14(9)7-11(15)12-10(13)3-6-17-12/h3,6,9H,2,4-5,7-8H2,1H3. The molecule has 5 heteroatoms. The van der Waals surface area contributed by atoms with Crippen LogP contribution in [0.2, 0.25) is 0 Å². The fourth-order valence-electron chi connectivity index (χ4n) is 2.02. The highest BCUT2D eigenvalue weighted by Crippen LogP contribution is 2.24. The molecule has 2 heterocycles. The zero-order valence-corrected chi connectivity index (χ0v) is 12.2. The summed E-state index contributed by atoms with van der Waals surface area (Å²) in [7, 11) is 0. The van der Waals surface area contributed by atoms with Gasteiger partial charge in [-0.05, 0) is 33.8 Å². The van der Waals surface area contributed by atoms with Crippen LogP contribution in [0.25, 0.3) is 0 Å². The highest BCUT2D eigenvalue weighted by atomic mass is 79.9. The van der Waals surface area contributed by atoms with Gasteiger partial charge in [0.05, 0.1) is 24.6 Å². The lowest BCUT2D eigenvalue weighted by molar-refractivity contribution is -0.00580. The van der Waals surface area contributed by atoms with E-state index < -0.39 is 0 Å². The monoisotopic (exact) mass is 317 g/mol. The van der Waals surface area contributed by atoms with Crippen LogP contribution in [-0.4, -0.2) is 43.0 Å². The van der Waals surface area contributed by atoms with Crippen LogP contribution in [0.3, 0.4) is 0 Å². The summed E-state index contributed by atoms with van der Waals surface area (Å²) in [5.41, 5.74) is 0. The molecule has 1 unspecified atom stereocenters. The molecule has 0 N–H and O–H groups in total. The number of nitrogens with zero attached hydrogens (tertiary/aromatic N) is 1. The van der Waals surface area contributed by atoms with Crippen molar-refractivity contribution < 1.29 is 9.53 Å². The van der Waals surface area contributed by atoms with Crippen LogP contribution in [0.15, 0.2) is 15.9 Å². The molecule has 2 rings (SSSR count). The quantitative estimate of drug-likeness (QED) is 0.800. The van der Waals surface area contributed by atoms with E-state index in [-0.39, 0.29) is 5.78 Å². The number of ether oxygens (including phenoxy) is 1. The molecule has 1 aromatic heterocycles. The molecular formula is C12H16BrNO2S. The molecule has 0 spiro atoms. The topological polar surface area (TPSA) is 29.5 Å². The summed E-state index contributed by atoms with van der Waals surface area (Å²) >= 11 is 4.91. The van der Waals surface area contributed by atoms with Crippen LogP contribution in [-0.2, 0) is 4.74 Å². The van der Waals surface area contributed by atoms with Gasteiger partial charge in [-0.2, -0.15) is 0 Å². The van der Waals surface area contributed by atoms with Crippen LogP contribution >= 0.6 is 27.3 Å². The first-order valence-electron chi connectivity index (χ1n) is 5.80. The molecule has 1 fully saturated rings. The molecule has 0 aliphatic carbocycles. The summed E-state index contributed by atoms with van der Waals surface area (Å²) in [6.07, 6.45) is 1.03. The number of carbonyl (C=O) groups is 1. The summed E-state index contributed by atoms with van der Waals surface area (Å²) in [6, 6.07) is 2.31. The largest absolute Gasteiger partial charge is 0.378 e. The van der Waals surface area contributed by atoms with E-state index in [4.69, 9.17) is 4.74 Å². The van der Waals surface area contributed by atoms with E-state index in [1.165, 1.54) is 11.3 Å². The molecular weight excluding hydrogens is 302 g/mol. The number of ketones is 1. The number of hydrogen-bond donors (Lipinski definition) is 0. The Kier molecular flexibility index (Phi) is 4.73. The van der Waals surface area contributed by atoms with Crippen molar-refractivity contribution in [3.63, 3.8) is 0 Å². The summed E-state index contributed by atoms with van der Waals surface area (Å²) in [5.74, 6) is 0.201. The molecule has 94 valence electrons. The Morgan fingerprint density at radius 1 is 1.71 bits per heavy atom. The maximum atomic E-state index is 12.2. The van der Waals surface area contributed by atoms with Gasteiger partial charge in [0.25, 0.3) is 0 Å². The van der Waals surface area contributed by atoms with E-state index in [0.29, 0.717) is 12.6 Å². The Balaban J connectivity index is 2.00. The molecule has 1 aliphatic rings. The van der Waals surface area contributed by atoms with Crippen LogP contribution < -0.4 is 0 Å². The van der Waals surface area contributed by atoms with Gasteiger partial charge in [-0.15, -0.1) is 11.3 Å². The van der Waals surface area contributed by atoms with Crippen molar-refractivity contribution in [1.82, 2.24) is 4.90 Å². The molecule has 1 atom stereocenters. The molecule has 3 nitrogen and oxygen atoms in total. The van der Waals surface area contributed by atoms with Gasteiger partial charge in [0.2, 0.25) is 0 Å². The molecule has 0 radical (unpaired) electrons. The highest BCUT2D eigenvalue weighted by molar-refractivity contribution is 9.10. The van der Waals surface area contributed by atoms with E-state index in [1.54, 1.807) is 0 Å². The maximum absolute atomic E-state index is 12.2. The van der Waals surface area contributed by atoms with E-state index >= 15 is 0 Å². The minimum absolute atomic E-state index is 0.201. The Bertz CT molecular complexity index is 394. The lowest BCUT2D eigenvalue weighted by Gasteiger charge is -2.34. The van der Waals surface area contributed by atoms with Gasteiger partial charge in [-0.25, -0.2) is 0 Å². The number of carbonyl (C=O) groups excluding carboxylic acids is 1. The highest BCUT2D eigenvalue weighted by Gasteiger charge is 2.24. The van der Waals surface area contributed by atoms with E-state index in [9.17, 15) is 4.79 Å². The van der Waals surface area contributed by atoms with Gasteiger partial charge in [0.1, 0.15) is 0 Å². The van der Waals surface area contributed by atoms with Crippen molar-refractivity contribution in [3.8, 4) is 0 Å². The third-order valence-corrected chi connectivity index (χ3v) is 4.92. The van der Waals surface area contributed by atoms with Gasteiger partial charge in [-0.3, -0.25) is 9.69 Å². The van der Waals surface area contributed by atoms with Gasteiger partial charge in [0.15, 0.2) is 5.78 Å². The first-order chi connectivity index (χ1) is 8.22. The minimum atomic E-state index is 0.201. The van der Waals surface area contributed by atoms with E-state index in [0.717, 1.165) is 35.5 Å². The average Bonchev–Trinajstić information content (AvgIpc) is 2.76. The van der Waals surface area contributed by atoms with Crippen LogP contribution in [0.1, 0.15) is 23.0 Å². The Morgan fingerprint density at radius 2 is 2.53 bits per heavy atom. The van der Waals surface area contributed by atoms with E-state index in [2.05, 4.69) is 27.8 Å². The number of hydrogen-bond acceptors (Lipinski definition) is 4. The third-order valence-electron chi connectivity index (χ3n) is 3.04. The zero-order valence-electron chi connectivity index (χ0n) is 9.82.